The van der Waals surface area contributed by atoms with Crippen LogP contribution in [0.1, 0.15) is 13.8 Å². The Morgan fingerprint density at radius 3 is 2.74 bits per heavy atom. The van der Waals surface area contributed by atoms with Gasteiger partial charge in [-0.15, -0.1) is 0 Å². The number of carbonyl (C=O) groups is 1. The third kappa shape index (κ3) is 4.21. The molecule has 0 aliphatic heterocycles. The van der Waals surface area contributed by atoms with Crippen molar-refractivity contribution in [3.63, 3.8) is 0 Å². The van der Waals surface area contributed by atoms with E-state index in [1.165, 1.54) is 10.7 Å². The lowest BCUT2D eigenvalue weighted by molar-refractivity contribution is -0.148. The summed E-state index contributed by atoms with van der Waals surface area (Å²) in [6, 6.07) is 9.02. The van der Waals surface area contributed by atoms with Crippen LogP contribution in [0.4, 0.5) is 0 Å². The van der Waals surface area contributed by atoms with E-state index in [-0.39, 0.29) is 36.9 Å². The minimum absolute atomic E-state index is 0.00296. The molecule has 0 bridgehead atoms. The molecular weight excluding hydrogens is 400 g/mol. The number of esters is 1. The van der Waals surface area contributed by atoms with Crippen molar-refractivity contribution < 1.29 is 14.3 Å². The molecule has 3 aromatic heterocycles. The van der Waals surface area contributed by atoms with Crippen LogP contribution in [-0.4, -0.2) is 49.1 Å². The number of ether oxygens (including phenoxy) is 2. The highest BCUT2D eigenvalue weighted by Crippen LogP contribution is 2.18. The number of nitrogens with two attached hydrogens (primary N) is 1. The minimum atomic E-state index is -0.654. The van der Waals surface area contributed by atoms with Crippen molar-refractivity contribution in [2.75, 3.05) is 13.2 Å². The molecule has 10 nitrogen and oxygen atoms in total. The Morgan fingerprint density at radius 2 is 2.00 bits per heavy atom. The lowest BCUT2D eigenvalue weighted by Gasteiger charge is -2.14. The Hall–Kier alpha value is -3.50. The summed E-state index contributed by atoms with van der Waals surface area (Å²) in [7, 11) is 0. The van der Waals surface area contributed by atoms with Gasteiger partial charge in [-0.25, -0.2) is 9.38 Å². The highest BCUT2D eigenvalue weighted by molar-refractivity contribution is 5.75. The molecule has 0 unspecified atom stereocenters. The maximum atomic E-state index is 12.8. The van der Waals surface area contributed by atoms with Crippen LogP contribution in [0.5, 0.6) is 0 Å². The first-order valence-corrected chi connectivity index (χ1v) is 9.97. The third-order valence-corrected chi connectivity index (χ3v) is 4.95. The molecule has 4 aromatic rings. The molecule has 0 aliphatic rings. The van der Waals surface area contributed by atoms with Crippen LogP contribution in [0, 0.1) is 5.92 Å². The summed E-state index contributed by atoms with van der Waals surface area (Å²) < 4.78 is 13.7. The zero-order valence-electron chi connectivity index (χ0n) is 17.3. The molecule has 31 heavy (non-hydrogen) atoms. The Bertz CT molecular complexity index is 1260. The molecule has 0 aliphatic carbocycles. The fourth-order valence-corrected chi connectivity index (χ4v) is 3.09. The highest BCUT2D eigenvalue weighted by Gasteiger charge is 2.18. The molecule has 0 amide bonds. The summed E-state index contributed by atoms with van der Waals surface area (Å²) in [5, 5.41) is 0. The molecule has 0 saturated carbocycles. The summed E-state index contributed by atoms with van der Waals surface area (Å²) in [5.41, 5.74) is 7.85. The van der Waals surface area contributed by atoms with E-state index < -0.39 is 12.0 Å². The smallest absolute Gasteiger partial charge is 0.323 e. The maximum Gasteiger partial charge on any atom is 0.323 e. The van der Waals surface area contributed by atoms with Gasteiger partial charge in [-0.05, 0) is 11.5 Å². The molecule has 0 radical (unpaired) electrons. The fourth-order valence-electron chi connectivity index (χ4n) is 3.09. The van der Waals surface area contributed by atoms with E-state index in [9.17, 15) is 9.59 Å². The van der Waals surface area contributed by atoms with Crippen LogP contribution in [0.2, 0.25) is 0 Å². The number of benzene rings is 1. The number of nitrogens with one attached hydrogen (secondary N) is 1. The van der Waals surface area contributed by atoms with Crippen molar-refractivity contribution in [3.8, 4) is 11.3 Å². The summed E-state index contributed by atoms with van der Waals surface area (Å²) in [6.07, 6.45) is 3.21. The monoisotopic (exact) mass is 424 g/mol. The second-order valence-electron chi connectivity index (χ2n) is 7.51. The predicted molar refractivity (Wildman–Crippen MR) is 114 cm³/mol. The van der Waals surface area contributed by atoms with Crippen LogP contribution in [0.25, 0.3) is 28.2 Å². The number of aromatic nitrogens is 5. The minimum Gasteiger partial charge on any atom is -0.462 e. The first kappa shape index (κ1) is 20.8. The summed E-state index contributed by atoms with van der Waals surface area (Å²) in [4.78, 5) is 36.5. The van der Waals surface area contributed by atoms with Gasteiger partial charge in [0.05, 0.1) is 18.6 Å². The van der Waals surface area contributed by atoms with Gasteiger partial charge >= 0.3 is 5.97 Å². The van der Waals surface area contributed by atoms with E-state index in [0.29, 0.717) is 11.4 Å². The molecule has 0 saturated heterocycles. The predicted octanol–water partition coefficient (Wildman–Crippen LogP) is 1.54. The van der Waals surface area contributed by atoms with Crippen LogP contribution >= 0.6 is 0 Å². The average Bonchev–Trinajstić information content (AvgIpc) is 3.38. The van der Waals surface area contributed by atoms with Crippen LogP contribution < -0.4 is 11.3 Å². The van der Waals surface area contributed by atoms with E-state index in [4.69, 9.17) is 15.2 Å². The van der Waals surface area contributed by atoms with Gasteiger partial charge < -0.3 is 20.2 Å². The van der Waals surface area contributed by atoms with Gasteiger partial charge in [0, 0.05) is 6.20 Å². The Morgan fingerprint density at radius 1 is 1.23 bits per heavy atom. The van der Waals surface area contributed by atoms with E-state index in [1.807, 2.05) is 44.2 Å². The van der Waals surface area contributed by atoms with Crippen LogP contribution in [0.15, 0.2) is 47.7 Å². The number of nitrogens with zero attached hydrogens (tertiary/aromatic N) is 4. The zero-order valence-corrected chi connectivity index (χ0v) is 17.3. The number of carbonyl (C=O) groups excluding carboxylic acids is 1. The summed E-state index contributed by atoms with van der Waals surface area (Å²) >= 11 is 0. The largest absolute Gasteiger partial charge is 0.462 e. The molecule has 0 spiro atoms. The molecule has 10 heteroatoms. The number of hydrogen-bond acceptors (Lipinski definition) is 7. The van der Waals surface area contributed by atoms with Crippen molar-refractivity contribution in [2.24, 2.45) is 11.7 Å². The SMILES string of the molecule is CC(C)[C@@H](N)C(=O)OCCOCn1cnc2c(=O)n3cc(-c4ccccc4)[nH]c3nc21. The van der Waals surface area contributed by atoms with Gasteiger partial charge in [-0.2, -0.15) is 4.98 Å². The Balaban J connectivity index is 1.46. The van der Waals surface area contributed by atoms with E-state index >= 15 is 0 Å². The molecule has 1 atom stereocenters. The van der Waals surface area contributed by atoms with E-state index in [1.54, 1.807) is 10.8 Å². The van der Waals surface area contributed by atoms with Gasteiger partial charge in [0.2, 0.25) is 5.78 Å². The second kappa shape index (κ2) is 8.70. The van der Waals surface area contributed by atoms with Crippen molar-refractivity contribution in [1.29, 1.82) is 0 Å². The number of fused-ring (bicyclic) bond motifs is 2. The van der Waals surface area contributed by atoms with Crippen molar-refractivity contribution in [2.45, 2.75) is 26.6 Å². The van der Waals surface area contributed by atoms with E-state index in [0.717, 1.165) is 11.3 Å². The van der Waals surface area contributed by atoms with E-state index in [2.05, 4.69) is 15.0 Å². The number of hydrogen-bond donors (Lipinski definition) is 2. The lowest BCUT2D eigenvalue weighted by atomic mass is 10.1. The van der Waals surface area contributed by atoms with Crippen LogP contribution in [0.3, 0.4) is 0 Å². The van der Waals surface area contributed by atoms with Crippen LogP contribution in [-0.2, 0) is 21.0 Å². The fraction of sp³-hybridized carbons (Fsp3) is 0.333. The lowest BCUT2D eigenvalue weighted by Crippen LogP contribution is -2.37. The van der Waals surface area contributed by atoms with Gasteiger partial charge in [-0.3, -0.25) is 14.2 Å². The Kier molecular flexibility index (Phi) is 5.83. The summed E-state index contributed by atoms with van der Waals surface area (Å²) in [5.74, 6) is -0.0392. The van der Waals surface area contributed by atoms with Gasteiger partial charge in [0.15, 0.2) is 11.2 Å². The molecule has 162 valence electrons. The topological polar surface area (TPSA) is 130 Å². The number of imidazole rings is 2. The normalized spacial score (nSPS) is 12.6. The van der Waals surface area contributed by atoms with Gasteiger partial charge in [-0.1, -0.05) is 44.2 Å². The molecule has 3 N–H and O–H groups in total. The van der Waals surface area contributed by atoms with Gasteiger partial charge in [0.25, 0.3) is 5.56 Å². The maximum absolute atomic E-state index is 12.8. The van der Waals surface area contributed by atoms with Crippen molar-refractivity contribution >= 4 is 22.9 Å². The molecule has 4 rings (SSSR count). The molecule has 3 heterocycles. The molecule has 1 aromatic carbocycles. The number of rotatable bonds is 8. The quantitative estimate of drug-likeness (QED) is 0.324. The number of H-pyrrole nitrogens is 1. The first-order valence-electron chi connectivity index (χ1n) is 9.97. The van der Waals surface area contributed by atoms with Crippen molar-refractivity contribution in [3.05, 3.63) is 53.2 Å². The Labute approximate surface area is 177 Å². The molecular formula is C21H24N6O4. The standard InChI is InChI=1S/C21H24N6O4/c1-13(2)16(22)20(29)31-9-8-30-12-26-11-23-17-18(26)25-21-24-15(10-27(21)19(17)28)14-6-4-3-5-7-14/h3-7,10-11,13,16H,8-9,12,22H2,1-2H3,(H,24,25)/t16-/m1/s1. The van der Waals surface area contributed by atoms with Gasteiger partial charge in [0.1, 0.15) is 19.4 Å². The zero-order chi connectivity index (χ0) is 22.0. The highest BCUT2D eigenvalue weighted by atomic mass is 16.6. The second-order valence-corrected chi connectivity index (χ2v) is 7.51. The number of aromatic amines is 1. The third-order valence-electron chi connectivity index (χ3n) is 4.95. The molecule has 0 fully saturated rings. The summed E-state index contributed by atoms with van der Waals surface area (Å²) in [6.45, 7) is 4.08. The van der Waals surface area contributed by atoms with Crippen molar-refractivity contribution in [1.82, 2.24) is 23.9 Å². The average molecular weight is 424 g/mol. The first-order chi connectivity index (χ1) is 15.0.